The Morgan fingerprint density at radius 1 is 0.630 bits per heavy atom. The summed E-state index contributed by atoms with van der Waals surface area (Å²) in [7, 11) is -3.68. The van der Waals surface area contributed by atoms with E-state index >= 15 is 0 Å². The summed E-state index contributed by atoms with van der Waals surface area (Å²) in [5, 5.41) is 2.03. The Labute approximate surface area is 158 Å². The maximum atomic E-state index is 12.7. The predicted molar refractivity (Wildman–Crippen MR) is 108 cm³/mol. The van der Waals surface area contributed by atoms with Crippen LogP contribution in [0.3, 0.4) is 0 Å². The fourth-order valence-corrected chi connectivity index (χ4v) is 3.83. The lowest BCUT2D eigenvalue weighted by molar-refractivity contribution is 0.482. The fourth-order valence-electron chi connectivity index (χ4n) is 2.78. The van der Waals surface area contributed by atoms with Gasteiger partial charge >= 0.3 is 0 Å². The first-order chi connectivity index (χ1) is 13.1. The van der Waals surface area contributed by atoms with Crippen molar-refractivity contribution in [3.63, 3.8) is 0 Å². The van der Waals surface area contributed by atoms with Crippen LogP contribution in [0.4, 0.5) is 5.69 Å². The summed E-state index contributed by atoms with van der Waals surface area (Å²) >= 11 is 0. The summed E-state index contributed by atoms with van der Waals surface area (Å²) in [6.45, 7) is 0. The third-order valence-electron chi connectivity index (χ3n) is 4.11. The normalized spacial score (nSPS) is 11.3. The SMILES string of the molecule is O=S(=O)(Nc1ccc2ccccc2c1)c1ccc(Oc2ccccc2)cc1. The van der Waals surface area contributed by atoms with Gasteiger partial charge in [-0.25, -0.2) is 8.42 Å². The van der Waals surface area contributed by atoms with Crippen LogP contribution in [-0.4, -0.2) is 8.42 Å². The molecule has 0 heterocycles. The minimum Gasteiger partial charge on any atom is -0.457 e. The molecule has 134 valence electrons. The molecule has 27 heavy (non-hydrogen) atoms. The van der Waals surface area contributed by atoms with Crippen molar-refractivity contribution >= 4 is 26.5 Å². The molecule has 0 unspecified atom stereocenters. The van der Waals surface area contributed by atoms with Gasteiger partial charge in [-0.05, 0) is 59.3 Å². The van der Waals surface area contributed by atoms with Crippen LogP contribution in [0, 0.1) is 0 Å². The van der Waals surface area contributed by atoms with E-state index in [1.807, 2.05) is 66.7 Å². The first kappa shape index (κ1) is 17.1. The minimum absolute atomic E-state index is 0.177. The van der Waals surface area contributed by atoms with Crippen LogP contribution >= 0.6 is 0 Å². The van der Waals surface area contributed by atoms with Crippen molar-refractivity contribution in [1.29, 1.82) is 0 Å². The quantitative estimate of drug-likeness (QED) is 0.506. The average molecular weight is 375 g/mol. The van der Waals surface area contributed by atoms with Crippen molar-refractivity contribution in [2.24, 2.45) is 0 Å². The lowest BCUT2D eigenvalue weighted by atomic mass is 10.1. The highest BCUT2D eigenvalue weighted by Gasteiger charge is 2.14. The molecule has 4 aromatic carbocycles. The van der Waals surface area contributed by atoms with E-state index in [1.165, 1.54) is 12.1 Å². The molecule has 4 aromatic rings. The minimum atomic E-state index is -3.68. The number of hydrogen-bond acceptors (Lipinski definition) is 3. The van der Waals surface area contributed by atoms with Crippen molar-refractivity contribution < 1.29 is 13.2 Å². The molecule has 0 atom stereocenters. The molecule has 0 radical (unpaired) electrons. The van der Waals surface area contributed by atoms with Gasteiger partial charge in [0.1, 0.15) is 11.5 Å². The first-order valence-electron chi connectivity index (χ1n) is 8.45. The summed E-state index contributed by atoms with van der Waals surface area (Å²) in [4.78, 5) is 0.177. The largest absolute Gasteiger partial charge is 0.457 e. The van der Waals surface area contributed by atoms with E-state index in [0.717, 1.165) is 10.8 Å². The number of benzene rings is 4. The highest BCUT2D eigenvalue weighted by atomic mass is 32.2. The fraction of sp³-hybridized carbons (Fsp3) is 0. The van der Waals surface area contributed by atoms with Crippen molar-refractivity contribution in [2.45, 2.75) is 4.90 Å². The van der Waals surface area contributed by atoms with E-state index in [2.05, 4.69) is 4.72 Å². The van der Waals surface area contributed by atoms with Crippen molar-refractivity contribution in [2.75, 3.05) is 4.72 Å². The number of hydrogen-bond donors (Lipinski definition) is 1. The first-order valence-corrected chi connectivity index (χ1v) is 9.93. The Balaban J connectivity index is 1.54. The second-order valence-electron chi connectivity index (χ2n) is 6.05. The van der Waals surface area contributed by atoms with E-state index in [0.29, 0.717) is 17.2 Å². The Bertz CT molecular complexity index is 1170. The van der Waals surface area contributed by atoms with E-state index in [-0.39, 0.29) is 4.90 Å². The molecule has 0 aromatic heterocycles. The smallest absolute Gasteiger partial charge is 0.261 e. The lowest BCUT2D eigenvalue weighted by Gasteiger charge is -2.10. The molecule has 0 aliphatic rings. The van der Waals surface area contributed by atoms with Crippen LogP contribution in [0.5, 0.6) is 11.5 Å². The maximum absolute atomic E-state index is 12.7. The molecular weight excluding hydrogens is 358 g/mol. The molecule has 0 bridgehead atoms. The summed E-state index contributed by atoms with van der Waals surface area (Å²) in [6, 6.07) is 28.9. The molecule has 5 heteroatoms. The molecule has 0 fully saturated rings. The Morgan fingerprint density at radius 2 is 1.26 bits per heavy atom. The van der Waals surface area contributed by atoms with E-state index in [1.54, 1.807) is 18.2 Å². The van der Waals surface area contributed by atoms with E-state index in [4.69, 9.17) is 4.74 Å². The molecule has 4 nitrogen and oxygen atoms in total. The number of ether oxygens (including phenoxy) is 1. The third-order valence-corrected chi connectivity index (χ3v) is 5.51. The summed E-state index contributed by atoms with van der Waals surface area (Å²) in [5.74, 6) is 1.27. The van der Waals surface area contributed by atoms with E-state index < -0.39 is 10.0 Å². The van der Waals surface area contributed by atoms with Gasteiger partial charge in [-0.2, -0.15) is 0 Å². The third kappa shape index (κ3) is 3.93. The van der Waals surface area contributed by atoms with Gasteiger partial charge in [0.2, 0.25) is 0 Å². The van der Waals surface area contributed by atoms with Gasteiger partial charge in [-0.1, -0.05) is 48.5 Å². The van der Waals surface area contributed by atoms with Crippen molar-refractivity contribution in [3.05, 3.63) is 97.1 Å². The number of nitrogens with one attached hydrogen (secondary N) is 1. The van der Waals surface area contributed by atoms with Gasteiger partial charge in [0.05, 0.1) is 4.90 Å². The molecule has 0 saturated heterocycles. The lowest BCUT2D eigenvalue weighted by Crippen LogP contribution is -2.12. The van der Waals surface area contributed by atoms with Gasteiger partial charge < -0.3 is 4.74 Å². The predicted octanol–water partition coefficient (Wildman–Crippen LogP) is 5.43. The number of sulfonamides is 1. The zero-order valence-corrected chi connectivity index (χ0v) is 15.2. The standard InChI is InChI=1S/C22H17NO3S/c24-27(25,23-19-11-10-17-6-4-5-7-18(17)16-19)22-14-12-21(13-15-22)26-20-8-2-1-3-9-20/h1-16,23H. The number of rotatable bonds is 5. The van der Waals surface area contributed by atoms with E-state index in [9.17, 15) is 8.42 Å². The Kier molecular flexibility index (Phi) is 4.52. The zero-order valence-electron chi connectivity index (χ0n) is 14.4. The molecule has 0 amide bonds. The van der Waals surface area contributed by atoms with Gasteiger partial charge in [0, 0.05) is 5.69 Å². The van der Waals surface area contributed by atoms with Gasteiger partial charge in [-0.15, -0.1) is 0 Å². The summed E-state index contributed by atoms with van der Waals surface area (Å²) in [6.07, 6.45) is 0. The zero-order chi connectivity index (χ0) is 18.7. The Hall–Kier alpha value is -3.31. The summed E-state index contributed by atoms with van der Waals surface area (Å²) < 4.78 is 33.6. The van der Waals surface area contributed by atoms with Crippen LogP contribution in [0.2, 0.25) is 0 Å². The molecule has 1 N–H and O–H groups in total. The van der Waals surface area contributed by atoms with Gasteiger partial charge in [0.25, 0.3) is 10.0 Å². The molecule has 0 aliphatic heterocycles. The second kappa shape index (κ2) is 7.13. The topological polar surface area (TPSA) is 55.4 Å². The van der Waals surface area contributed by atoms with Crippen LogP contribution in [-0.2, 0) is 10.0 Å². The van der Waals surface area contributed by atoms with Gasteiger partial charge in [-0.3, -0.25) is 4.72 Å². The second-order valence-corrected chi connectivity index (χ2v) is 7.74. The van der Waals surface area contributed by atoms with Crippen LogP contribution in [0.1, 0.15) is 0 Å². The highest BCUT2D eigenvalue weighted by molar-refractivity contribution is 7.92. The number of para-hydroxylation sites is 1. The Morgan fingerprint density at radius 3 is 2.00 bits per heavy atom. The van der Waals surface area contributed by atoms with Crippen molar-refractivity contribution in [1.82, 2.24) is 0 Å². The van der Waals surface area contributed by atoms with Gasteiger partial charge in [0.15, 0.2) is 0 Å². The molecule has 0 spiro atoms. The maximum Gasteiger partial charge on any atom is 0.261 e. The van der Waals surface area contributed by atoms with Crippen molar-refractivity contribution in [3.8, 4) is 11.5 Å². The molecule has 0 saturated carbocycles. The highest BCUT2D eigenvalue weighted by Crippen LogP contribution is 2.25. The number of anilines is 1. The molecule has 4 rings (SSSR count). The summed E-state index contributed by atoms with van der Waals surface area (Å²) in [5.41, 5.74) is 0.526. The molecule has 0 aliphatic carbocycles. The molecular formula is C22H17NO3S. The van der Waals surface area contributed by atoms with Crippen LogP contribution in [0.25, 0.3) is 10.8 Å². The van der Waals surface area contributed by atoms with Crippen LogP contribution < -0.4 is 9.46 Å². The monoisotopic (exact) mass is 375 g/mol. The van der Waals surface area contributed by atoms with Crippen LogP contribution in [0.15, 0.2) is 102 Å². The average Bonchev–Trinajstić information content (AvgIpc) is 2.69. The number of fused-ring (bicyclic) bond motifs is 1.